The lowest BCUT2D eigenvalue weighted by Gasteiger charge is -2.26. The highest BCUT2D eigenvalue weighted by atomic mass is 32.2. The van der Waals surface area contributed by atoms with Gasteiger partial charge in [-0.15, -0.1) is 0 Å². The zero-order valence-electron chi connectivity index (χ0n) is 12.7. The maximum atomic E-state index is 12.9. The van der Waals surface area contributed by atoms with Crippen molar-refractivity contribution in [2.75, 3.05) is 6.54 Å². The molecule has 1 saturated carbocycles. The number of carboxylic acid groups (broad SMARTS) is 1. The molecule has 0 radical (unpaired) electrons. The summed E-state index contributed by atoms with van der Waals surface area (Å²) in [5.41, 5.74) is -1.20. The summed E-state index contributed by atoms with van der Waals surface area (Å²) in [6.07, 6.45) is -2.81. The monoisotopic (exact) mass is 365 g/mol. The number of nitrogens with one attached hydrogen (secondary N) is 1. The molecule has 1 aromatic rings. The zero-order valence-corrected chi connectivity index (χ0v) is 13.5. The summed E-state index contributed by atoms with van der Waals surface area (Å²) in [7, 11) is -4.29. The third-order valence-corrected chi connectivity index (χ3v) is 5.72. The summed E-state index contributed by atoms with van der Waals surface area (Å²) in [4.78, 5) is 10.1. The molecule has 0 aliphatic heterocycles. The van der Waals surface area contributed by atoms with Crippen LogP contribution < -0.4 is 4.72 Å². The van der Waals surface area contributed by atoms with Crippen molar-refractivity contribution in [1.82, 2.24) is 4.72 Å². The molecule has 5 nitrogen and oxygen atoms in total. The van der Waals surface area contributed by atoms with E-state index in [1.54, 1.807) is 0 Å². The van der Waals surface area contributed by atoms with Gasteiger partial charge in [0, 0.05) is 6.54 Å². The molecule has 1 aromatic carbocycles. The molecular weight excluding hydrogens is 347 g/mol. The lowest BCUT2D eigenvalue weighted by molar-refractivity contribution is -0.143. The highest BCUT2D eigenvalue weighted by Gasteiger charge is 2.37. The Balaban J connectivity index is 2.04. The maximum Gasteiger partial charge on any atom is 0.417 e. The van der Waals surface area contributed by atoms with Crippen LogP contribution in [0.4, 0.5) is 13.2 Å². The minimum atomic E-state index is -4.76. The van der Waals surface area contributed by atoms with Crippen molar-refractivity contribution in [3.63, 3.8) is 0 Å². The van der Waals surface area contributed by atoms with Crippen LogP contribution >= 0.6 is 0 Å². The first kappa shape index (κ1) is 18.7. The molecule has 0 spiro atoms. The summed E-state index contributed by atoms with van der Waals surface area (Å²) in [6, 6.07) is 4.02. The van der Waals surface area contributed by atoms with Crippen LogP contribution in [-0.2, 0) is 21.0 Å². The Morgan fingerprint density at radius 1 is 1.17 bits per heavy atom. The van der Waals surface area contributed by atoms with Gasteiger partial charge in [-0.3, -0.25) is 4.79 Å². The van der Waals surface area contributed by atoms with Gasteiger partial charge in [0.25, 0.3) is 0 Å². The SMILES string of the molecule is O=C(O)[C@H]1CC[C@H](CNS(=O)(=O)c2ccccc2C(F)(F)F)CC1. The molecule has 0 saturated heterocycles. The van der Waals surface area contributed by atoms with E-state index in [-0.39, 0.29) is 12.5 Å². The van der Waals surface area contributed by atoms with Crippen molar-refractivity contribution in [3.8, 4) is 0 Å². The van der Waals surface area contributed by atoms with E-state index in [0.717, 1.165) is 18.2 Å². The number of benzene rings is 1. The molecule has 0 bridgehead atoms. The molecule has 2 rings (SSSR count). The van der Waals surface area contributed by atoms with Crippen LogP contribution in [0.2, 0.25) is 0 Å². The van der Waals surface area contributed by atoms with E-state index in [4.69, 9.17) is 5.11 Å². The normalized spacial score (nSPS) is 22.3. The molecule has 1 aliphatic carbocycles. The van der Waals surface area contributed by atoms with Crippen molar-refractivity contribution in [2.24, 2.45) is 11.8 Å². The fourth-order valence-electron chi connectivity index (χ4n) is 2.85. The van der Waals surface area contributed by atoms with Crippen molar-refractivity contribution in [2.45, 2.75) is 36.8 Å². The maximum absolute atomic E-state index is 12.9. The Kier molecular flexibility index (Phi) is 5.54. The van der Waals surface area contributed by atoms with Crippen molar-refractivity contribution in [1.29, 1.82) is 0 Å². The van der Waals surface area contributed by atoms with E-state index < -0.39 is 38.5 Å². The third-order valence-electron chi connectivity index (χ3n) is 4.24. The molecule has 2 N–H and O–H groups in total. The summed E-state index contributed by atoms with van der Waals surface area (Å²) in [6.45, 7) is 0.000857. The fourth-order valence-corrected chi connectivity index (χ4v) is 4.20. The summed E-state index contributed by atoms with van der Waals surface area (Å²) >= 11 is 0. The van der Waals surface area contributed by atoms with Crippen LogP contribution in [0.15, 0.2) is 29.2 Å². The number of halogens is 3. The Hall–Kier alpha value is -1.61. The fraction of sp³-hybridized carbons (Fsp3) is 0.533. The van der Waals surface area contributed by atoms with Gasteiger partial charge >= 0.3 is 12.1 Å². The van der Waals surface area contributed by atoms with Gasteiger partial charge < -0.3 is 5.11 Å². The van der Waals surface area contributed by atoms with E-state index in [2.05, 4.69) is 4.72 Å². The second-order valence-corrected chi connectivity index (χ2v) is 7.64. The number of sulfonamides is 1. The molecule has 134 valence electrons. The number of rotatable bonds is 5. The molecule has 1 fully saturated rings. The number of alkyl halides is 3. The van der Waals surface area contributed by atoms with E-state index in [1.165, 1.54) is 6.07 Å². The average Bonchev–Trinajstić information content (AvgIpc) is 2.52. The number of hydrogen-bond acceptors (Lipinski definition) is 3. The molecule has 0 aromatic heterocycles. The number of carboxylic acids is 1. The van der Waals surface area contributed by atoms with Gasteiger partial charge in [0.05, 0.1) is 16.4 Å². The highest BCUT2D eigenvalue weighted by molar-refractivity contribution is 7.89. The van der Waals surface area contributed by atoms with Crippen LogP contribution in [0.1, 0.15) is 31.2 Å². The number of aliphatic carboxylic acids is 1. The van der Waals surface area contributed by atoms with Gasteiger partial charge in [-0.2, -0.15) is 13.2 Å². The lowest BCUT2D eigenvalue weighted by atomic mass is 9.82. The predicted octanol–water partition coefficient (Wildman–Crippen LogP) is 2.87. The Morgan fingerprint density at radius 2 is 1.75 bits per heavy atom. The summed E-state index contributed by atoms with van der Waals surface area (Å²) in [5.74, 6) is -1.37. The van der Waals surface area contributed by atoms with Crippen LogP contribution in [-0.4, -0.2) is 26.0 Å². The standard InChI is InChI=1S/C15H18F3NO4S/c16-15(17,18)12-3-1-2-4-13(12)24(22,23)19-9-10-5-7-11(8-6-10)14(20)21/h1-4,10-11,19H,5-9H2,(H,20,21)/t10-,11-. The van der Waals surface area contributed by atoms with Crippen molar-refractivity contribution < 1.29 is 31.5 Å². The molecule has 1 aliphatic rings. The Labute approximate surface area is 137 Å². The number of carbonyl (C=O) groups is 1. The molecule has 0 unspecified atom stereocenters. The first-order chi connectivity index (χ1) is 11.1. The average molecular weight is 365 g/mol. The van der Waals surface area contributed by atoms with Gasteiger partial charge in [0.15, 0.2) is 0 Å². The van der Waals surface area contributed by atoms with Gasteiger partial charge in [-0.1, -0.05) is 12.1 Å². The van der Waals surface area contributed by atoms with E-state index in [9.17, 15) is 26.4 Å². The summed E-state index contributed by atoms with van der Waals surface area (Å²) in [5, 5.41) is 8.92. The molecule has 9 heteroatoms. The first-order valence-electron chi connectivity index (χ1n) is 7.50. The molecule has 0 amide bonds. The molecular formula is C15H18F3NO4S. The van der Waals surface area contributed by atoms with E-state index in [1.807, 2.05) is 0 Å². The third kappa shape index (κ3) is 4.47. The second kappa shape index (κ2) is 7.10. The second-order valence-electron chi connectivity index (χ2n) is 5.90. The topological polar surface area (TPSA) is 83.5 Å². The van der Waals surface area contributed by atoms with Crippen LogP contribution in [0.3, 0.4) is 0 Å². The quantitative estimate of drug-likeness (QED) is 0.840. The van der Waals surface area contributed by atoms with E-state index >= 15 is 0 Å². The molecule has 24 heavy (non-hydrogen) atoms. The Morgan fingerprint density at radius 3 is 2.29 bits per heavy atom. The first-order valence-corrected chi connectivity index (χ1v) is 8.98. The molecule has 0 heterocycles. The smallest absolute Gasteiger partial charge is 0.417 e. The van der Waals surface area contributed by atoms with Gasteiger partial charge in [-0.05, 0) is 43.7 Å². The van der Waals surface area contributed by atoms with Crippen LogP contribution in [0, 0.1) is 11.8 Å². The Bertz CT molecular complexity index is 695. The van der Waals surface area contributed by atoms with Gasteiger partial charge in [0.1, 0.15) is 0 Å². The number of hydrogen-bond donors (Lipinski definition) is 2. The lowest BCUT2D eigenvalue weighted by Crippen LogP contribution is -2.33. The van der Waals surface area contributed by atoms with Crippen LogP contribution in [0.5, 0.6) is 0 Å². The minimum Gasteiger partial charge on any atom is -0.481 e. The van der Waals surface area contributed by atoms with Crippen molar-refractivity contribution in [3.05, 3.63) is 29.8 Å². The largest absolute Gasteiger partial charge is 0.481 e. The van der Waals surface area contributed by atoms with Crippen molar-refractivity contribution >= 4 is 16.0 Å². The van der Waals surface area contributed by atoms with E-state index in [0.29, 0.717) is 25.7 Å². The van der Waals surface area contributed by atoms with Gasteiger partial charge in [0.2, 0.25) is 10.0 Å². The van der Waals surface area contributed by atoms with Crippen LogP contribution in [0.25, 0.3) is 0 Å². The molecule has 0 atom stereocenters. The zero-order chi connectivity index (χ0) is 18.0. The highest BCUT2D eigenvalue weighted by Crippen LogP contribution is 2.34. The summed E-state index contributed by atoms with van der Waals surface area (Å²) < 4.78 is 65.5. The predicted molar refractivity (Wildman–Crippen MR) is 79.7 cm³/mol. The van der Waals surface area contributed by atoms with Gasteiger partial charge in [-0.25, -0.2) is 13.1 Å². The minimum absolute atomic E-state index is 0.000857.